The molecule has 6 nitrogen and oxygen atoms in total. The number of para-hydroxylation sites is 1. The van der Waals surface area contributed by atoms with Crippen LogP contribution in [0, 0.1) is 11.3 Å². The van der Waals surface area contributed by atoms with E-state index in [0.717, 1.165) is 0 Å². The predicted octanol–water partition coefficient (Wildman–Crippen LogP) is 1.62. The number of nitrogens with one attached hydrogen (secondary N) is 2. The Kier molecular flexibility index (Phi) is 3.48. The molecule has 0 saturated heterocycles. The summed E-state index contributed by atoms with van der Waals surface area (Å²) in [5.74, 6) is -0.753. The summed E-state index contributed by atoms with van der Waals surface area (Å²) in [4.78, 5) is 23.2. The highest BCUT2D eigenvalue weighted by atomic mass is 16.5. The Morgan fingerprint density at radius 2 is 2.11 bits per heavy atom. The van der Waals surface area contributed by atoms with E-state index in [1.165, 1.54) is 0 Å². The van der Waals surface area contributed by atoms with Crippen LogP contribution in [0.25, 0.3) is 5.70 Å². The Labute approximate surface area is 109 Å². The van der Waals surface area contributed by atoms with Crippen LogP contribution in [0.3, 0.4) is 0 Å². The number of benzene rings is 1. The van der Waals surface area contributed by atoms with E-state index in [1.807, 2.05) is 0 Å². The second-order valence-electron chi connectivity index (χ2n) is 3.71. The van der Waals surface area contributed by atoms with Crippen molar-refractivity contribution in [2.24, 2.45) is 0 Å². The molecule has 0 radical (unpaired) electrons. The number of hydrogen-bond donors (Lipinski definition) is 2. The summed E-state index contributed by atoms with van der Waals surface area (Å²) in [6, 6.07) is 8.17. The SMILES string of the molecule is CCOC(=O)/C(C#N)=C1/NC(=O)Nc2ccccc21. The van der Waals surface area contributed by atoms with Gasteiger partial charge < -0.3 is 15.4 Å². The van der Waals surface area contributed by atoms with Crippen LogP contribution in [0.4, 0.5) is 10.5 Å². The molecule has 19 heavy (non-hydrogen) atoms. The van der Waals surface area contributed by atoms with Crippen molar-refractivity contribution >= 4 is 23.4 Å². The first-order chi connectivity index (χ1) is 9.17. The molecule has 1 aromatic rings. The van der Waals surface area contributed by atoms with Gasteiger partial charge in [-0.25, -0.2) is 9.59 Å². The first-order valence-corrected chi connectivity index (χ1v) is 5.66. The molecule has 6 heteroatoms. The van der Waals surface area contributed by atoms with Crippen LogP contribution in [0.5, 0.6) is 0 Å². The second-order valence-corrected chi connectivity index (χ2v) is 3.71. The fourth-order valence-corrected chi connectivity index (χ4v) is 1.75. The van der Waals surface area contributed by atoms with Crippen molar-refractivity contribution in [3.05, 3.63) is 35.4 Å². The van der Waals surface area contributed by atoms with Crippen LogP contribution in [0.1, 0.15) is 12.5 Å². The third-order valence-electron chi connectivity index (χ3n) is 2.52. The van der Waals surface area contributed by atoms with Crippen LogP contribution in [0.2, 0.25) is 0 Å². The van der Waals surface area contributed by atoms with E-state index in [9.17, 15) is 9.59 Å². The maximum Gasteiger partial charge on any atom is 0.351 e. The number of amides is 2. The molecular weight excluding hydrogens is 246 g/mol. The molecule has 0 aromatic heterocycles. The lowest BCUT2D eigenvalue weighted by Gasteiger charge is -2.21. The monoisotopic (exact) mass is 257 g/mol. The molecule has 96 valence electrons. The van der Waals surface area contributed by atoms with Crippen molar-refractivity contribution in [2.45, 2.75) is 6.92 Å². The van der Waals surface area contributed by atoms with E-state index < -0.39 is 12.0 Å². The molecule has 1 heterocycles. The average Bonchev–Trinajstić information content (AvgIpc) is 2.39. The van der Waals surface area contributed by atoms with Gasteiger partial charge in [-0.3, -0.25) is 0 Å². The lowest BCUT2D eigenvalue weighted by Crippen LogP contribution is -2.34. The van der Waals surface area contributed by atoms with Gasteiger partial charge in [0.25, 0.3) is 0 Å². The van der Waals surface area contributed by atoms with Gasteiger partial charge in [-0.1, -0.05) is 18.2 Å². The number of nitriles is 1. The Balaban J connectivity index is 2.57. The zero-order valence-corrected chi connectivity index (χ0v) is 10.2. The minimum absolute atomic E-state index is 0.158. The lowest BCUT2D eigenvalue weighted by molar-refractivity contribution is -0.137. The summed E-state index contributed by atoms with van der Waals surface area (Å²) in [6.45, 7) is 1.80. The number of anilines is 1. The fraction of sp³-hybridized carbons (Fsp3) is 0.154. The van der Waals surface area contributed by atoms with E-state index in [-0.39, 0.29) is 17.9 Å². The number of esters is 1. The molecule has 2 rings (SSSR count). The highest BCUT2D eigenvalue weighted by Gasteiger charge is 2.25. The molecule has 0 atom stereocenters. The lowest BCUT2D eigenvalue weighted by atomic mass is 10.0. The predicted molar refractivity (Wildman–Crippen MR) is 67.8 cm³/mol. The van der Waals surface area contributed by atoms with Gasteiger partial charge >= 0.3 is 12.0 Å². The van der Waals surface area contributed by atoms with E-state index in [1.54, 1.807) is 37.3 Å². The van der Waals surface area contributed by atoms with Gasteiger partial charge in [-0.2, -0.15) is 5.26 Å². The number of nitrogens with zero attached hydrogens (tertiary/aromatic N) is 1. The quantitative estimate of drug-likeness (QED) is 0.478. The number of carbonyl (C=O) groups is 2. The van der Waals surface area contributed by atoms with E-state index in [0.29, 0.717) is 11.3 Å². The molecule has 0 bridgehead atoms. The van der Waals surface area contributed by atoms with Crippen molar-refractivity contribution in [1.82, 2.24) is 5.32 Å². The fourth-order valence-electron chi connectivity index (χ4n) is 1.75. The van der Waals surface area contributed by atoms with Crippen LogP contribution >= 0.6 is 0 Å². The van der Waals surface area contributed by atoms with Crippen molar-refractivity contribution in [3.63, 3.8) is 0 Å². The number of fused-ring (bicyclic) bond motifs is 1. The number of carbonyl (C=O) groups excluding carboxylic acids is 2. The summed E-state index contributed by atoms with van der Waals surface area (Å²) in [5.41, 5.74) is 1.06. The van der Waals surface area contributed by atoms with Gasteiger partial charge in [-0.05, 0) is 13.0 Å². The van der Waals surface area contributed by atoms with Gasteiger partial charge in [-0.15, -0.1) is 0 Å². The van der Waals surface area contributed by atoms with Gasteiger partial charge in [0.05, 0.1) is 18.0 Å². The van der Waals surface area contributed by atoms with E-state index >= 15 is 0 Å². The molecule has 0 fully saturated rings. The Morgan fingerprint density at radius 1 is 1.37 bits per heavy atom. The summed E-state index contributed by atoms with van der Waals surface area (Å²) in [5, 5.41) is 14.2. The smallest absolute Gasteiger partial charge is 0.351 e. The number of ether oxygens (including phenoxy) is 1. The third kappa shape index (κ3) is 2.40. The van der Waals surface area contributed by atoms with Crippen LogP contribution in [-0.2, 0) is 9.53 Å². The summed E-state index contributed by atoms with van der Waals surface area (Å²) in [6.07, 6.45) is 0. The van der Waals surface area contributed by atoms with Crippen molar-refractivity contribution in [3.8, 4) is 6.07 Å². The van der Waals surface area contributed by atoms with Crippen molar-refractivity contribution < 1.29 is 14.3 Å². The minimum atomic E-state index is -0.753. The zero-order valence-electron chi connectivity index (χ0n) is 10.2. The molecule has 1 aliphatic rings. The molecule has 0 spiro atoms. The van der Waals surface area contributed by atoms with Gasteiger partial charge in [0.15, 0.2) is 5.57 Å². The largest absolute Gasteiger partial charge is 0.462 e. The molecule has 0 saturated carbocycles. The van der Waals surface area contributed by atoms with Gasteiger partial charge in [0.2, 0.25) is 0 Å². The highest BCUT2D eigenvalue weighted by molar-refractivity contribution is 6.10. The molecule has 0 aliphatic carbocycles. The topological polar surface area (TPSA) is 91.2 Å². The maximum absolute atomic E-state index is 11.7. The summed E-state index contributed by atoms with van der Waals surface area (Å²) in [7, 11) is 0. The first-order valence-electron chi connectivity index (χ1n) is 5.66. The number of hydrogen-bond acceptors (Lipinski definition) is 4. The molecule has 1 aliphatic heterocycles. The molecule has 2 N–H and O–H groups in total. The molecule has 0 unspecified atom stereocenters. The number of rotatable bonds is 2. The summed E-state index contributed by atoms with van der Waals surface area (Å²) >= 11 is 0. The Hall–Kier alpha value is -2.81. The van der Waals surface area contributed by atoms with Gasteiger partial charge in [0.1, 0.15) is 6.07 Å². The van der Waals surface area contributed by atoms with E-state index in [2.05, 4.69) is 10.6 Å². The molecule has 1 aromatic carbocycles. The Morgan fingerprint density at radius 3 is 2.79 bits per heavy atom. The second kappa shape index (κ2) is 5.23. The van der Waals surface area contributed by atoms with E-state index in [4.69, 9.17) is 10.00 Å². The Bertz CT molecular complexity index is 614. The third-order valence-corrected chi connectivity index (χ3v) is 2.52. The van der Waals surface area contributed by atoms with Crippen LogP contribution in [-0.4, -0.2) is 18.6 Å². The average molecular weight is 257 g/mol. The maximum atomic E-state index is 11.7. The zero-order chi connectivity index (χ0) is 13.8. The first kappa shape index (κ1) is 12.6. The normalized spacial score (nSPS) is 15.5. The summed E-state index contributed by atoms with van der Waals surface area (Å²) < 4.78 is 4.81. The number of urea groups is 1. The van der Waals surface area contributed by atoms with Crippen LogP contribution < -0.4 is 10.6 Å². The minimum Gasteiger partial charge on any atom is -0.462 e. The standard InChI is InChI=1S/C13H11N3O3/c1-2-19-12(17)9(7-14)11-8-5-3-4-6-10(8)15-13(18)16-11/h3-6H,2H2,1H3,(H2,15,16,18)/b11-9+. The van der Waals surface area contributed by atoms with Crippen molar-refractivity contribution in [2.75, 3.05) is 11.9 Å². The van der Waals surface area contributed by atoms with Crippen molar-refractivity contribution in [1.29, 1.82) is 5.26 Å². The molecular formula is C13H11N3O3. The van der Waals surface area contributed by atoms with Gasteiger partial charge in [0, 0.05) is 5.56 Å². The highest BCUT2D eigenvalue weighted by Crippen LogP contribution is 2.28. The van der Waals surface area contributed by atoms with Crippen LogP contribution in [0.15, 0.2) is 29.8 Å². The molecule has 2 amide bonds.